The molecule has 0 unspecified atom stereocenters. The molecule has 0 aromatic heterocycles. The average Bonchev–Trinajstić information content (AvgIpc) is 2.70. The van der Waals surface area contributed by atoms with E-state index in [1.54, 1.807) is 31.4 Å². The molecule has 0 heterocycles. The monoisotopic (exact) mass is 425 g/mol. The van der Waals surface area contributed by atoms with Crippen LogP contribution in [0, 0.1) is 5.92 Å². The van der Waals surface area contributed by atoms with Gasteiger partial charge in [0.1, 0.15) is 5.75 Å². The fraction of sp³-hybridized carbons (Fsp3) is 0.440. The Kier molecular flexibility index (Phi) is 8.48. The van der Waals surface area contributed by atoms with E-state index in [9.17, 15) is 9.59 Å². The van der Waals surface area contributed by atoms with E-state index in [0.717, 1.165) is 16.9 Å². The van der Waals surface area contributed by atoms with Gasteiger partial charge in [-0.2, -0.15) is 0 Å². The maximum atomic E-state index is 13.3. The fourth-order valence-corrected chi connectivity index (χ4v) is 3.38. The van der Waals surface area contributed by atoms with Crippen molar-refractivity contribution in [3.05, 3.63) is 53.6 Å². The molecule has 0 aliphatic carbocycles. The van der Waals surface area contributed by atoms with Crippen LogP contribution in [0.25, 0.3) is 0 Å². The summed E-state index contributed by atoms with van der Waals surface area (Å²) in [6.45, 7) is 8.48. The fourth-order valence-electron chi connectivity index (χ4n) is 3.38. The Hall–Kier alpha value is -3.02. The van der Waals surface area contributed by atoms with Crippen molar-refractivity contribution in [1.82, 2.24) is 4.90 Å². The summed E-state index contributed by atoms with van der Waals surface area (Å²) in [5, 5.41) is 2.98. The molecule has 0 saturated carbocycles. The first-order chi connectivity index (χ1) is 14.6. The molecule has 0 saturated heterocycles. The number of ether oxygens (including phenoxy) is 1. The number of anilines is 2. The molecule has 1 N–H and O–H groups in total. The zero-order valence-electron chi connectivity index (χ0n) is 19.7. The van der Waals surface area contributed by atoms with Crippen molar-refractivity contribution in [3.8, 4) is 5.75 Å². The number of hydrogen-bond acceptors (Lipinski definition) is 4. The SMILES string of the molecule is COc1ccc(C(=O)N(Cc2cc(NC(=O)CC(C)C)ccc2N(C)C)C(C)C)cc1. The molecule has 0 atom stereocenters. The van der Waals surface area contributed by atoms with Crippen LogP contribution < -0.4 is 15.0 Å². The Balaban J connectivity index is 2.32. The van der Waals surface area contributed by atoms with E-state index in [2.05, 4.69) is 5.32 Å². The summed E-state index contributed by atoms with van der Waals surface area (Å²) < 4.78 is 5.20. The lowest BCUT2D eigenvalue weighted by molar-refractivity contribution is -0.116. The Morgan fingerprint density at radius 3 is 2.16 bits per heavy atom. The third-order valence-electron chi connectivity index (χ3n) is 5.00. The van der Waals surface area contributed by atoms with E-state index >= 15 is 0 Å². The highest BCUT2D eigenvalue weighted by Gasteiger charge is 2.21. The van der Waals surface area contributed by atoms with E-state index in [4.69, 9.17) is 4.74 Å². The molecule has 6 nitrogen and oxygen atoms in total. The van der Waals surface area contributed by atoms with Crippen LogP contribution in [-0.4, -0.2) is 44.0 Å². The van der Waals surface area contributed by atoms with Gasteiger partial charge in [0, 0.05) is 50.0 Å². The molecular formula is C25H35N3O3. The predicted molar refractivity (Wildman–Crippen MR) is 127 cm³/mol. The Morgan fingerprint density at radius 1 is 1.00 bits per heavy atom. The van der Waals surface area contributed by atoms with Crippen LogP contribution in [0.5, 0.6) is 5.75 Å². The highest BCUT2D eigenvalue weighted by atomic mass is 16.5. The summed E-state index contributed by atoms with van der Waals surface area (Å²) in [6.07, 6.45) is 0.471. The second-order valence-electron chi connectivity index (χ2n) is 8.64. The van der Waals surface area contributed by atoms with Gasteiger partial charge in [0.25, 0.3) is 5.91 Å². The molecule has 0 radical (unpaired) electrons. The van der Waals surface area contributed by atoms with E-state index in [-0.39, 0.29) is 17.9 Å². The molecule has 2 aromatic carbocycles. The van der Waals surface area contributed by atoms with Crippen molar-refractivity contribution in [2.45, 2.75) is 46.7 Å². The lowest BCUT2D eigenvalue weighted by atomic mass is 10.1. The maximum absolute atomic E-state index is 13.3. The summed E-state index contributed by atoms with van der Waals surface area (Å²) in [5.41, 5.74) is 3.34. The molecule has 31 heavy (non-hydrogen) atoms. The third kappa shape index (κ3) is 6.74. The van der Waals surface area contributed by atoms with E-state index in [0.29, 0.717) is 30.2 Å². The van der Waals surface area contributed by atoms with Crippen LogP contribution in [0.4, 0.5) is 11.4 Å². The first-order valence-corrected chi connectivity index (χ1v) is 10.7. The van der Waals surface area contributed by atoms with Gasteiger partial charge in [0.15, 0.2) is 0 Å². The van der Waals surface area contributed by atoms with Gasteiger partial charge in [-0.3, -0.25) is 9.59 Å². The van der Waals surface area contributed by atoms with Crippen LogP contribution >= 0.6 is 0 Å². The number of carbonyl (C=O) groups excluding carboxylic acids is 2. The summed E-state index contributed by atoms with van der Waals surface area (Å²) in [4.78, 5) is 29.3. The molecule has 0 aliphatic heterocycles. The van der Waals surface area contributed by atoms with Crippen LogP contribution in [0.1, 0.15) is 50.0 Å². The highest BCUT2D eigenvalue weighted by molar-refractivity contribution is 5.95. The highest BCUT2D eigenvalue weighted by Crippen LogP contribution is 2.26. The molecular weight excluding hydrogens is 390 g/mol. The Morgan fingerprint density at radius 2 is 1.65 bits per heavy atom. The molecule has 0 bridgehead atoms. The minimum Gasteiger partial charge on any atom is -0.497 e. The smallest absolute Gasteiger partial charge is 0.254 e. The Bertz CT molecular complexity index is 889. The number of nitrogens with one attached hydrogen (secondary N) is 1. The van der Waals surface area contributed by atoms with Gasteiger partial charge < -0.3 is 19.9 Å². The number of amides is 2. The number of hydrogen-bond donors (Lipinski definition) is 1. The van der Waals surface area contributed by atoms with E-state index in [1.165, 1.54) is 0 Å². The van der Waals surface area contributed by atoms with Crippen molar-refractivity contribution in [3.63, 3.8) is 0 Å². The quantitative estimate of drug-likeness (QED) is 0.627. The summed E-state index contributed by atoms with van der Waals surface area (Å²) in [7, 11) is 5.55. The van der Waals surface area contributed by atoms with Crippen LogP contribution in [0.3, 0.4) is 0 Å². The van der Waals surface area contributed by atoms with Crippen LogP contribution in [-0.2, 0) is 11.3 Å². The predicted octanol–water partition coefficient (Wildman–Crippen LogP) is 4.80. The Labute approximate surface area is 186 Å². The molecule has 0 spiro atoms. The number of carbonyl (C=O) groups is 2. The minimum absolute atomic E-state index is 0.00352. The number of methoxy groups -OCH3 is 1. The number of rotatable bonds is 9. The van der Waals surface area contributed by atoms with Gasteiger partial charge in [-0.25, -0.2) is 0 Å². The van der Waals surface area contributed by atoms with Gasteiger partial charge in [0.2, 0.25) is 5.91 Å². The minimum atomic E-state index is -0.0448. The zero-order chi connectivity index (χ0) is 23.1. The molecule has 6 heteroatoms. The number of benzene rings is 2. The summed E-state index contributed by atoms with van der Waals surface area (Å²) >= 11 is 0. The van der Waals surface area contributed by atoms with Crippen molar-refractivity contribution >= 4 is 23.2 Å². The maximum Gasteiger partial charge on any atom is 0.254 e. The van der Waals surface area contributed by atoms with E-state index < -0.39 is 0 Å². The van der Waals surface area contributed by atoms with Crippen molar-refractivity contribution in [2.75, 3.05) is 31.4 Å². The number of nitrogens with zero attached hydrogens (tertiary/aromatic N) is 2. The second-order valence-corrected chi connectivity index (χ2v) is 8.64. The largest absolute Gasteiger partial charge is 0.497 e. The molecule has 0 fully saturated rings. The van der Waals surface area contributed by atoms with Gasteiger partial charge in [-0.05, 0) is 67.8 Å². The first-order valence-electron chi connectivity index (χ1n) is 10.7. The van der Waals surface area contributed by atoms with E-state index in [1.807, 2.05) is 69.8 Å². The van der Waals surface area contributed by atoms with Crippen molar-refractivity contribution < 1.29 is 14.3 Å². The normalized spacial score (nSPS) is 10.9. The van der Waals surface area contributed by atoms with Crippen molar-refractivity contribution in [2.24, 2.45) is 5.92 Å². The van der Waals surface area contributed by atoms with Gasteiger partial charge in [0.05, 0.1) is 7.11 Å². The lowest BCUT2D eigenvalue weighted by Gasteiger charge is -2.29. The molecule has 0 aliphatic rings. The van der Waals surface area contributed by atoms with Gasteiger partial charge >= 0.3 is 0 Å². The molecule has 2 rings (SSSR count). The third-order valence-corrected chi connectivity index (χ3v) is 5.00. The summed E-state index contributed by atoms with van der Waals surface area (Å²) in [6, 6.07) is 13.0. The topological polar surface area (TPSA) is 61.9 Å². The van der Waals surface area contributed by atoms with Gasteiger partial charge in [-0.15, -0.1) is 0 Å². The van der Waals surface area contributed by atoms with Crippen LogP contribution in [0.2, 0.25) is 0 Å². The standard InChI is InChI=1S/C25H35N3O3/c1-17(2)14-24(29)26-21-10-13-23(27(5)6)20(15-21)16-28(18(3)4)25(30)19-8-11-22(31-7)12-9-19/h8-13,15,17-18H,14,16H2,1-7H3,(H,26,29). The lowest BCUT2D eigenvalue weighted by Crippen LogP contribution is -2.36. The molecule has 168 valence electrons. The second kappa shape index (κ2) is 10.8. The first kappa shape index (κ1) is 24.3. The van der Waals surface area contributed by atoms with Crippen molar-refractivity contribution in [1.29, 1.82) is 0 Å². The molecule has 2 aromatic rings. The molecule has 2 amide bonds. The van der Waals surface area contributed by atoms with Gasteiger partial charge in [-0.1, -0.05) is 13.8 Å². The summed E-state index contributed by atoms with van der Waals surface area (Å²) in [5.74, 6) is 0.955. The van der Waals surface area contributed by atoms with Crippen LogP contribution in [0.15, 0.2) is 42.5 Å². The zero-order valence-corrected chi connectivity index (χ0v) is 19.7. The average molecular weight is 426 g/mol.